The van der Waals surface area contributed by atoms with Crippen LogP contribution >= 0.6 is 12.2 Å². The zero-order valence-corrected chi connectivity index (χ0v) is 14.1. The molecule has 0 saturated heterocycles. The molecular formula is C16H18N6S. The summed E-state index contributed by atoms with van der Waals surface area (Å²) in [4.78, 5) is 0. The summed E-state index contributed by atoms with van der Waals surface area (Å²) in [5.41, 5.74) is 3.95. The van der Waals surface area contributed by atoms with E-state index in [9.17, 15) is 0 Å². The van der Waals surface area contributed by atoms with Crippen LogP contribution in [0.5, 0.6) is 0 Å². The number of H-pyrrole nitrogens is 2. The first kappa shape index (κ1) is 15.4. The summed E-state index contributed by atoms with van der Waals surface area (Å²) in [5, 5.41) is 18.5. The van der Waals surface area contributed by atoms with E-state index in [2.05, 4.69) is 51.5 Å². The van der Waals surface area contributed by atoms with Crippen molar-refractivity contribution in [1.82, 2.24) is 25.1 Å². The van der Waals surface area contributed by atoms with Gasteiger partial charge in [-0.1, -0.05) is 38.1 Å². The van der Waals surface area contributed by atoms with Gasteiger partial charge in [0.1, 0.15) is 5.69 Å². The van der Waals surface area contributed by atoms with Gasteiger partial charge in [0, 0.05) is 5.69 Å². The van der Waals surface area contributed by atoms with Crippen molar-refractivity contribution in [2.75, 3.05) is 0 Å². The van der Waals surface area contributed by atoms with E-state index in [-0.39, 0.29) is 0 Å². The molecule has 0 fully saturated rings. The number of aromatic amines is 2. The summed E-state index contributed by atoms with van der Waals surface area (Å²) < 4.78 is 2.00. The Balaban J connectivity index is 1.91. The fraction of sp³-hybridized carbons (Fsp3) is 0.250. The predicted molar refractivity (Wildman–Crippen MR) is 93.3 cm³/mol. The van der Waals surface area contributed by atoms with Gasteiger partial charge in [-0.25, -0.2) is 5.10 Å². The van der Waals surface area contributed by atoms with Crippen LogP contribution in [-0.4, -0.2) is 31.3 Å². The van der Waals surface area contributed by atoms with Crippen LogP contribution in [-0.2, 0) is 0 Å². The quantitative estimate of drug-likeness (QED) is 0.568. The average molecular weight is 326 g/mol. The zero-order chi connectivity index (χ0) is 16.4. The van der Waals surface area contributed by atoms with Gasteiger partial charge < -0.3 is 0 Å². The van der Waals surface area contributed by atoms with Crippen molar-refractivity contribution in [1.29, 1.82) is 0 Å². The lowest BCUT2D eigenvalue weighted by molar-refractivity contribution is 0.863. The number of aromatic nitrogens is 5. The van der Waals surface area contributed by atoms with Gasteiger partial charge in [0.2, 0.25) is 10.6 Å². The summed E-state index contributed by atoms with van der Waals surface area (Å²) in [5.74, 6) is 1.09. The summed E-state index contributed by atoms with van der Waals surface area (Å²) in [6.07, 6.45) is 1.76. The van der Waals surface area contributed by atoms with Gasteiger partial charge in [-0.05, 0) is 42.3 Å². The summed E-state index contributed by atoms with van der Waals surface area (Å²) in [6.45, 7) is 6.28. The van der Waals surface area contributed by atoms with Crippen LogP contribution in [0.1, 0.15) is 36.6 Å². The van der Waals surface area contributed by atoms with E-state index in [0.29, 0.717) is 22.2 Å². The molecule has 2 heterocycles. The number of rotatable bonds is 4. The first-order valence-electron chi connectivity index (χ1n) is 7.38. The van der Waals surface area contributed by atoms with Crippen LogP contribution in [0.15, 0.2) is 35.4 Å². The predicted octanol–water partition coefficient (Wildman–Crippen LogP) is 3.64. The highest BCUT2D eigenvalue weighted by molar-refractivity contribution is 7.71. The van der Waals surface area contributed by atoms with E-state index in [1.165, 1.54) is 5.56 Å². The lowest BCUT2D eigenvalue weighted by Crippen LogP contribution is -1.95. The van der Waals surface area contributed by atoms with Gasteiger partial charge in [0.05, 0.1) is 6.21 Å². The molecule has 0 saturated carbocycles. The van der Waals surface area contributed by atoms with Crippen LogP contribution in [0.3, 0.4) is 0 Å². The van der Waals surface area contributed by atoms with Gasteiger partial charge in [0.15, 0.2) is 0 Å². The molecule has 0 atom stereocenters. The number of nitrogens with one attached hydrogen (secondary N) is 2. The van der Waals surface area contributed by atoms with Crippen molar-refractivity contribution in [2.45, 2.75) is 26.7 Å². The molecule has 2 N–H and O–H groups in total. The Kier molecular flexibility index (Phi) is 4.20. The normalized spacial score (nSPS) is 11.7. The van der Waals surface area contributed by atoms with E-state index >= 15 is 0 Å². The van der Waals surface area contributed by atoms with Crippen molar-refractivity contribution in [2.24, 2.45) is 5.10 Å². The van der Waals surface area contributed by atoms with Crippen molar-refractivity contribution >= 4 is 18.4 Å². The zero-order valence-electron chi connectivity index (χ0n) is 13.2. The maximum Gasteiger partial charge on any atom is 0.216 e. The molecule has 2 aromatic heterocycles. The highest BCUT2D eigenvalue weighted by Gasteiger charge is 2.10. The van der Waals surface area contributed by atoms with Crippen molar-refractivity contribution in [3.63, 3.8) is 0 Å². The molecule has 0 aliphatic heterocycles. The minimum atomic E-state index is 0.427. The molecule has 7 heteroatoms. The van der Waals surface area contributed by atoms with E-state index in [1.54, 1.807) is 10.9 Å². The second-order valence-corrected chi connectivity index (χ2v) is 6.05. The number of nitrogens with zero attached hydrogens (tertiary/aromatic N) is 4. The van der Waals surface area contributed by atoms with E-state index in [1.807, 2.05) is 25.1 Å². The van der Waals surface area contributed by atoms with Gasteiger partial charge >= 0.3 is 0 Å². The smallest absolute Gasteiger partial charge is 0.216 e. The van der Waals surface area contributed by atoms with E-state index in [4.69, 9.17) is 12.2 Å². The third kappa shape index (κ3) is 3.29. The second kappa shape index (κ2) is 6.29. The lowest BCUT2D eigenvalue weighted by Gasteiger charge is -2.04. The molecule has 0 aliphatic carbocycles. The Labute approximate surface area is 139 Å². The Hall–Kier alpha value is -2.54. The topological polar surface area (TPSA) is 74.7 Å². The third-order valence-electron chi connectivity index (χ3n) is 3.51. The Morgan fingerprint density at radius 1 is 1.17 bits per heavy atom. The second-order valence-electron chi connectivity index (χ2n) is 5.67. The lowest BCUT2D eigenvalue weighted by atomic mass is 10.0. The number of hydrogen-bond donors (Lipinski definition) is 2. The Morgan fingerprint density at radius 2 is 1.91 bits per heavy atom. The molecule has 6 nitrogen and oxygen atoms in total. The minimum Gasteiger partial charge on any atom is -0.282 e. The minimum absolute atomic E-state index is 0.427. The Morgan fingerprint density at radius 3 is 2.52 bits per heavy atom. The van der Waals surface area contributed by atoms with Crippen molar-refractivity contribution < 1.29 is 0 Å². The molecule has 0 radical (unpaired) electrons. The molecule has 118 valence electrons. The SMILES string of the molecule is Cc1cc(-c2n[nH]c(=S)n2/N=C\c2ccc(C(C)C)cc2)n[nH]1. The van der Waals surface area contributed by atoms with Crippen LogP contribution in [0, 0.1) is 11.7 Å². The first-order chi connectivity index (χ1) is 11.0. The molecule has 23 heavy (non-hydrogen) atoms. The van der Waals surface area contributed by atoms with Gasteiger partial charge in [-0.3, -0.25) is 5.10 Å². The summed E-state index contributed by atoms with van der Waals surface area (Å²) in [6, 6.07) is 10.2. The summed E-state index contributed by atoms with van der Waals surface area (Å²) >= 11 is 5.24. The van der Waals surface area contributed by atoms with E-state index < -0.39 is 0 Å². The number of aryl methyl sites for hydroxylation is 1. The molecule has 0 spiro atoms. The number of hydrogen-bond acceptors (Lipinski definition) is 4. The van der Waals surface area contributed by atoms with Gasteiger partial charge in [0.25, 0.3) is 0 Å². The van der Waals surface area contributed by atoms with Crippen molar-refractivity contribution in [3.05, 3.63) is 51.9 Å². The maximum atomic E-state index is 5.24. The summed E-state index contributed by atoms with van der Waals surface area (Å²) in [7, 11) is 0. The van der Waals surface area contributed by atoms with E-state index in [0.717, 1.165) is 11.3 Å². The van der Waals surface area contributed by atoms with Gasteiger partial charge in [-0.2, -0.15) is 20.0 Å². The Bertz CT molecular complexity index is 882. The van der Waals surface area contributed by atoms with Gasteiger partial charge in [-0.15, -0.1) is 0 Å². The third-order valence-corrected chi connectivity index (χ3v) is 3.78. The molecule has 3 rings (SSSR count). The standard InChI is InChI=1S/C16H18N6S/c1-10(2)13-6-4-12(5-7-13)9-17-22-15(20-21-16(22)23)14-8-11(3)18-19-14/h4-10H,1-3H3,(H,18,19)(H,21,23)/b17-9-. The maximum absolute atomic E-state index is 5.24. The fourth-order valence-corrected chi connectivity index (χ4v) is 2.37. The molecule has 3 aromatic rings. The van der Waals surface area contributed by atoms with Crippen LogP contribution < -0.4 is 0 Å². The van der Waals surface area contributed by atoms with Crippen LogP contribution in [0.4, 0.5) is 0 Å². The largest absolute Gasteiger partial charge is 0.282 e. The first-order valence-corrected chi connectivity index (χ1v) is 7.79. The molecule has 0 bridgehead atoms. The molecule has 0 unspecified atom stereocenters. The molecule has 1 aromatic carbocycles. The number of benzene rings is 1. The highest BCUT2D eigenvalue weighted by Crippen LogP contribution is 2.16. The van der Waals surface area contributed by atoms with Crippen LogP contribution in [0.2, 0.25) is 0 Å². The average Bonchev–Trinajstić information content (AvgIpc) is 3.11. The molecule has 0 aliphatic rings. The van der Waals surface area contributed by atoms with Crippen molar-refractivity contribution in [3.8, 4) is 11.5 Å². The molecule has 0 amide bonds. The fourth-order valence-electron chi connectivity index (χ4n) is 2.19. The van der Waals surface area contributed by atoms with Crippen LogP contribution in [0.25, 0.3) is 11.5 Å². The molecular weight excluding hydrogens is 308 g/mol. The monoisotopic (exact) mass is 326 g/mol. The highest BCUT2D eigenvalue weighted by atomic mass is 32.1.